The van der Waals surface area contributed by atoms with Gasteiger partial charge in [-0.1, -0.05) is 18.2 Å². The molecule has 0 saturated heterocycles. The van der Waals surface area contributed by atoms with Gasteiger partial charge in [-0.2, -0.15) is 0 Å². The maximum absolute atomic E-state index is 12.2. The molecule has 0 bridgehead atoms. The second-order valence-electron chi connectivity index (χ2n) is 5.63. The van der Waals surface area contributed by atoms with E-state index in [4.69, 9.17) is 11.5 Å². The van der Waals surface area contributed by atoms with Crippen molar-refractivity contribution < 1.29 is 9.59 Å². The number of hydrogen-bond acceptors (Lipinski definition) is 4. The highest BCUT2D eigenvalue weighted by molar-refractivity contribution is 5.87. The standard InChI is InChI=1S/C17H23N4O2/c18-8-4-3-5-13(11-22)21-17(23)15(19)9-12-10-20-16-7-2-1-6-14(12)16/h1-2,6-7,10,13,15,20H,3-5,8-9,18-19H2,(H,21,23)/t13-,15-/m0/s1. The van der Waals surface area contributed by atoms with Gasteiger partial charge in [-0.25, -0.2) is 0 Å². The first-order valence-electron chi connectivity index (χ1n) is 7.84. The highest BCUT2D eigenvalue weighted by Crippen LogP contribution is 2.18. The Morgan fingerprint density at radius 1 is 1.30 bits per heavy atom. The van der Waals surface area contributed by atoms with Crippen molar-refractivity contribution >= 4 is 23.1 Å². The minimum absolute atomic E-state index is 0.337. The Bertz CT molecular complexity index is 653. The van der Waals surface area contributed by atoms with Crippen LogP contribution in [0.3, 0.4) is 0 Å². The quantitative estimate of drug-likeness (QED) is 0.511. The van der Waals surface area contributed by atoms with Crippen molar-refractivity contribution in [3.05, 3.63) is 36.0 Å². The van der Waals surface area contributed by atoms with E-state index in [0.717, 1.165) is 29.3 Å². The summed E-state index contributed by atoms with van der Waals surface area (Å²) in [6, 6.07) is 6.52. The molecule has 0 unspecified atom stereocenters. The molecule has 1 amide bonds. The lowest BCUT2D eigenvalue weighted by Crippen LogP contribution is -2.47. The van der Waals surface area contributed by atoms with Crippen molar-refractivity contribution in [2.75, 3.05) is 6.54 Å². The van der Waals surface area contributed by atoms with Crippen LogP contribution in [0.5, 0.6) is 0 Å². The van der Waals surface area contributed by atoms with Crippen molar-refractivity contribution in [1.82, 2.24) is 10.3 Å². The topological polar surface area (TPSA) is 114 Å². The molecule has 1 aromatic heterocycles. The predicted octanol–water partition coefficient (Wildman–Crippen LogP) is 0.761. The number of aromatic nitrogens is 1. The molecule has 0 aliphatic rings. The molecule has 0 fully saturated rings. The average molecular weight is 315 g/mol. The van der Waals surface area contributed by atoms with E-state index in [2.05, 4.69) is 10.3 Å². The van der Waals surface area contributed by atoms with E-state index >= 15 is 0 Å². The molecule has 2 rings (SSSR count). The second kappa shape index (κ2) is 8.45. The normalized spacial score (nSPS) is 13.7. The fourth-order valence-electron chi connectivity index (χ4n) is 2.56. The summed E-state index contributed by atoms with van der Waals surface area (Å²) < 4.78 is 0. The van der Waals surface area contributed by atoms with Gasteiger partial charge in [0.05, 0.1) is 12.1 Å². The molecule has 23 heavy (non-hydrogen) atoms. The molecular formula is C17H23N4O2. The van der Waals surface area contributed by atoms with E-state index in [1.54, 1.807) is 0 Å². The number of rotatable bonds is 9. The molecule has 1 aromatic carbocycles. The Kier molecular flexibility index (Phi) is 6.31. The summed E-state index contributed by atoms with van der Waals surface area (Å²) in [5, 5.41) is 3.70. The van der Waals surface area contributed by atoms with E-state index < -0.39 is 12.1 Å². The lowest BCUT2D eigenvalue weighted by atomic mass is 10.0. The van der Waals surface area contributed by atoms with Crippen LogP contribution < -0.4 is 16.8 Å². The summed E-state index contributed by atoms with van der Waals surface area (Å²) in [7, 11) is 0. The Labute approximate surface area is 135 Å². The molecule has 0 aliphatic carbocycles. The van der Waals surface area contributed by atoms with Gasteiger partial charge in [0.15, 0.2) is 0 Å². The molecule has 6 N–H and O–H groups in total. The minimum atomic E-state index is -0.709. The number of unbranched alkanes of at least 4 members (excludes halogenated alkanes) is 1. The summed E-state index contributed by atoms with van der Waals surface area (Å²) in [6.45, 7) is 0.569. The van der Waals surface area contributed by atoms with Gasteiger partial charge in [-0.3, -0.25) is 9.59 Å². The van der Waals surface area contributed by atoms with Gasteiger partial charge < -0.3 is 21.8 Å². The molecular weight excluding hydrogens is 292 g/mol. The zero-order valence-electron chi connectivity index (χ0n) is 13.0. The number of nitrogens with one attached hydrogen (secondary N) is 2. The highest BCUT2D eigenvalue weighted by atomic mass is 16.2. The fraction of sp³-hybridized carbons (Fsp3) is 0.412. The summed E-state index contributed by atoms with van der Waals surface area (Å²) in [5.41, 5.74) is 13.4. The molecule has 0 saturated carbocycles. The van der Waals surface area contributed by atoms with Crippen molar-refractivity contribution in [3.8, 4) is 0 Å². The molecule has 1 heterocycles. The maximum Gasteiger partial charge on any atom is 0.237 e. The molecule has 1 radical (unpaired) electrons. The monoisotopic (exact) mass is 315 g/mol. The highest BCUT2D eigenvalue weighted by Gasteiger charge is 2.19. The van der Waals surface area contributed by atoms with Crippen molar-refractivity contribution in [3.63, 3.8) is 0 Å². The van der Waals surface area contributed by atoms with E-state index in [1.165, 1.54) is 0 Å². The van der Waals surface area contributed by atoms with Crippen molar-refractivity contribution in [2.45, 2.75) is 37.8 Å². The Morgan fingerprint density at radius 3 is 2.83 bits per heavy atom. The number of carbonyl (C=O) groups excluding carboxylic acids is 2. The maximum atomic E-state index is 12.2. The number of amides is 1. The van der Waals surface area contributed by atoms with E-state index in [-0.39, 0.29) is 5.91 Å². The third-order valence-electron chi connectivity index (χ3n) is 3.86. The number of fused-ring (bicyclic) bond motifs is 1. The molecule has 6 heteroatoms. The zero-order valence-corrected chi connectivity index (χ0v) is 13.0. The number of aromatic amines is 1. The van der Waals surface area contributed by atoms with E-state index in [0.29, 0.717) is 19.4 Å². The number of hydrogen-bond donors (Lipinski definition) is 4. The summed E-state index contributed by atoms with van der Waals surface area (Å²) in [4.78, 5) is 26.2. The van der Waals surface area contributed by atoms with Gasteiger partial charge in [0.2, 0.25) is 12.2 Å². The van der Waals surface area contributed by atoms with Crippen LogP contribution in [0, 0.1) is 0 Å². The van der Waals surface area contributed by atoms with Crippen molar-refractivity contribution in [1.29, 1.82) is 0 Å². The van der Waals surface area contributed by atoms with Crippen LogP contribution in [-0.4, -0.2) is 35.8 Å². The third kappa shape index (κ3) is 4.64. The van der Waals surface area contributed by atoms with E-state index in [9.17, 15) is 9.59 Å². The molecule has 0 aliphatic heterocycles. The number of H-pyrrole nitrogens is 1. The molecule has 6 nitrogen and oxygen atoms in total. The van der Waals surface area contributed by atoms with Gasteiger partial charge in [0.25, 0.3) is 0 Å². The Morgan fingerprint density at radius 2 is 2.09 bits per heavy atom. The first-order valence-corrected chi connectivity index (χ1v) is 7.84. The van der Waals surface area contributed by atoms with Gasteiger partial charge >= 0.3 is 0 Å². The number of nitrogens with two attached hydrogens (primary N) is 2. The molecule has 123 valence electrons. The zero-order chi connectivity index (χ0) is 16.7. The van der Waals surface area contributed by atoms with Gasteiger partial charge in [-0.15, -0.1) is 0 Å². The van der Waals surface area contributed by atoms with Crippen LogP contribution in [0.25, 0.3) is 10.9 Å². The van der Waals surface area contributed by atoms with Crippen LogP contribution in [0.1, 0.15) is 24.8 Å². The summed E-state index contributed by atoms with van der Waals surface area (Å²) in [6.07, 6.45) is 6.24. The number of carbonyl (C=O) groups is 1. The van der Waals surface area contributed by atoms with E-state index in [1.807, 2.05) is 36.7 Å². The van der Waals surface area contributed by atoms with Crippen LogP contribution in [-0.2, 0) is 16.0 Å². The fourth-order valence-corrected chi connectivity index (χ4v) is 2.56. The molecule has 2 aromatic rings. The average Bonchev–Trinajstić information content (AvgIpc) is 2.97. The van der Waals surface area contributed by atoms with Crippen LogP contribution >= 0.6 is 0 Å². The van der Waals surface area contributed by atoms with Gasteiger partial charge in [0.1, 0.15) is 0 Å². The van der Waals surface area contributed by atoms with Crippen LogP contribution in [0.2, 0.25) is 0 Å². The predicted molar refractivity (Wildman–Crippen MR) is 90.5 cm³/mol. The van der Waals surface area contributed by atoms with Crippen LogP contribution in [0.4, 0.5) is 0 Å². The minimum Gasteiger partial charge on any atom is -0.361 e. The lowest BCUT2D eigenvalue weighted by Gasteiger charge is -2.16. The molecule has 2 atom stereocenters. The summed E-state index contributed by atoms with van der Waals surface area (Å²) >= 11 is 0. The SMILES string of the molecule is NCCCC[C@@H]([C]=O)NC(=O)[C@@H](N)Cc1c[nH]c2ccccc12. The smallest absolute Gasteiger partial charge is 0.237 e. The Balaban J connectivity index is 1.92. The lowest BCUT2D eigenvalue weighted by molar-refractivity contribution is -0.122. The van der Waals surface area contributed by atoms with Crippen LogP contribution in [0.15, 0.2) is 30.5 Å². The number of benzene rings is 1. The van der Waals surface area contributed by atoms with Crippen molar-refractivity contribution in [2.24, 2.45) is 11.5 Å². The first-order chi connectivity index (χ1) is 11.2. The summed E-state index contributed by atoms with van der Waals surface area (Å²) in [5.74, 6) is -0.337. The second-order valence-corrected chi connectivity index (χ2v) is 5.63. The third-order valence-corrected chi connectivity index (χ3v) is 3.86. The number of para-hydroxylation sites is 1. The first kappa shape index (κ1) is 17.2. The van der Waals surface area contributed by atoms with Gasteiger partial charge in [-0.05, 0) is 43.9 Å². The van der Waals surface area contributed by atoms with Gasteiger partial charge in [0, 0.05) is 17.1 Å². The largest absolute Gasteiger partial charge is 0.361 e. The Hall–Kier alpha value is -2.18. The molecule has 0 spiro atoms.